The first kappa shape index (κ1) is 6.69. The van der Waals surface area contributed by atoms with E-state index < -0.39 is 0 Å². The van der Waals surface area contributed by atoms with Crippen LogP contribution in [-0.2, 0) is 0 Å². The van der Waals surface area contributed by atoms with Crippen molar-refractivity contribution >= 4 is 0 Å². The van der Waals surface area contributed by atoms with Gasteiger partial charge in [0.25, 0.3) is 0 Å². The van der Waals surface area contributed by atoms with E-state index in [1.54, 1.807) is 0 Å². The quantitative estimate of drug-likeness (QED) is 0.521. The van der Waals surface area contributed by atoms with Gasteiger partial charge in [-0.15, -0.1) is 0 Å². The Morgan fingerprint density at radius 2 is 2.00 bits per heavy atom. The minimum Gasteiger partial charge on any atom is -0.0530 e. The molecule has 2 fully saturated rings. The average Bonchev–Trinajstić information content (AvgIpc) is 2.44. The Morgan fingerprint density at radius 3 is 2.80 bits per heavy atom. The molecule has 0 aromatic carbocycles. The van der Waals surface area contributed by atoms with Crippen molar-refractivity contribution < 1.29 is 0 Å². The molecule has 2 rings (SSSR count). The molecule has 0 nitrogen and oxygen atoms in total. The van der Waals surface area contributed by atoms with Gasteiger partial charge in [-0.3, -0.25) is 0 Å². The summed E-state index contributed by atoms with van der Waals surface area (Å²) in [6.07, 6.45) is 8.75. The van der Waals surface area contributed by atoms with Gasteiger partial charge >= 0.3 is 0 Å². The minimum absolute atomic E-state index is 1.01. The lowest BCUT2D eigenvalue weighted by atomic mass is 9.90. The highest BCUT2D eigenvalue weighted by Crippen LogP contribution is 2.48. The van der Waals surface area contributed by atoms with E-state index in [-0.39, 0.29) is 0 Å². The van der Waals surface area contributed by atoms with Crippen molar-refractivity contribution in [1.82, 2.24) is 0 Å². The molecule has 0 bridgehead atoms. The molecule has 3 unspecified atom stereocenters. The summed E-state index contributed by atoms with van der Waals surface area (Å²) >= 11 is 0. The molecular weight excluding hydrogens is 120 g/mol. The molecule has 0 saturated heterocycles. The van der Waals surface area contributed by atoms with Gasteiger partial charge < -0.3 is 0 Å². The first-order chi connectivity index (χ1) is 4.92. The van der Waals surface area contributed by atoms with Crippen molar-refractivity contribution in [2.45, 2.75) is 38.5 Å². The third-order valence-corrected chi connectivity index (χ3v) is 3.60. The minimum atomic E-state index is 1.01. The van der Waals surface area contributed by atoms with Crippen LogP contribution < -0.4 is 0 Å². The first-order valence-corrected chi connectivity index (χ1v) is 4.71. The number of fused-ring (bicyclic) bond motifs is 1. The van der Waals surface area contributed by atoms with E-state index in [0.717, 1.165) is 17.8 Å². The fourth-order valence-corrected chi connectivity index (χ4v) is 3.05. The smallest absolute Gasteiger partial charge is 0.0357 e. The molecule has 10 heavy (non-hydrogen) atoms. The fourth-order valence-electron chi connectivity index (χ4n) is 3.05. The van der Waals surface area contributed by atoms with Crippen LogP contribution in [-0.4, -0.2) is 0 Å². The highest BCUT2D eigenvalue weighted by atomic mass is 14.4. The summed E-state index contributed by atoms with van der Waals surface area (Å²) in [5, 5.41) is 0. The van der Waals surface area contributed by atoms with E-state index in [2.05, 4.69) is 6.92 Å². The second-order valence-electron chi connectivity index (χ2n) is 3.98. The van der Waals surface area contributed by atoms with Crippen LogP contribution in [0.2, 0.25) is 0 Å². The van der Waals surface area contributed by atoms with Crippen molar-refractivity contribution in [3.63, 3.8) is 0 Å². The van der Waals surface area contributed by atoms with Gasteiger partial charge in [-0.2, -0.15) is 0 Å². The average molecular weight is 137 g/mol. The summed E-state index contributed by atoms with van der Waals surface area (Å²) in [6.45, 7) is 4.03. The molecular formula is C10H17. The summed E-state index contributed by atoms with van der Waals surface area (Å²) in [4.78, 5) is 0. The Morgan fingerprint density at radius 1 is 1.10 bits per heavy atom. The lowest BCUT2D eigenvalue weighted by Gasteiger charge is -2.15. The molecule has 0 spiro atoms. The molecule has 3 atom stereocenters. The van der Waals surface area contributed by atoms with Gasteiger partial charge in [-0.25, -0.2) is 0 Å². The van der Waals surface area contributed by atoms with Crippen LogP contribution in [0, 0.1) is 24.7 Å². The Kier molecular flexibility index (Phi) is 1.71. The Balaban J connectivity index is 2.01. The first-order valence-electron chi connectivity index (χ1n) is 4.71. The van der Waals surface area contributed by atoms with Crippen LogP contribution in [0.25, 0.3) is 0 Å². The van der Waals surface area contributed by atoms with Crippen molar-refractivity contribution in [2.24, 2.45) is 17.8 Å². The summed E-state index contributed by atoms with van der Waals surface area (Å²) in [5.74, 6) is 3.22. The summed E-state index contributed by atoms with van der Waals surface area (Å²) in [7, 11) is 0. The Bertz CT molecular complexity index is 117. The molecule has 2 aliphatic rings. The van der Waals surface area contributed by atoms with Gasteiger partial charge in [-0.1, -0.05) is 26.2 Å². The van der Waals surface area contributed by atoms with Gasteiger partial charge in [0.05, 0.1) is 0 Å². The highest BCUT2D eigenvalue weighted by molar-refractivity contribution is 4.89. The van der Waals surface area contributed by atoms with Gasteiger partial charge in [0, 0.05) is 0 Å². The third kappa shape index (κ3) is 0.889. The lowest BCUT2D eigenvalue weighted by molar-refractivity contribution is 0.354. The SMILES string of the molecule is [CH2]CC1CCC2CCCC12. The van der Waals surface area contributed by atoms with Gasteiger partial charge in [0.1, 0.15) is 0 Å². The lowest BCUT2D eigenvalue weighted by Crippen LogP contribution is -2.07. The standard InChI is InChI=1S/C10H17/c1-2-8-6-7-9-4-3-5-10(8)9/h8-10H,1-7H2. The summed E-state index contributed by atoms with van der Waals surface area (Å²) < 4.78 is 0. The maximum Gasteiger partial charge on any atom is -0.0357 e. The zero-order valence-electron chi connectivity index (χ0n) is 6.68. The van der Waals surface area contributed by atoms with E-state index in [9.17, 15) is 0 Å². The zero-order valence-corrected chi connectivity index (χ0v) is 6.68. The zero-order chi connectivity index (χ0) is 6.97. The molecule has 0 amide bonds. The molecule has 1 radical (unpaired) electrons. The van der Waals surface area contributed by atoms with Crippen molar-refractivity contribution in [2.75, 3.05) is 0 Å². The van der Waals surface area contributed by atoms with Crippen molar-refractivity contribution in [3.05, 3.63) is 6.92 Å². The van der Waals surface area contributed by atoms with Crippen LogP contribution in [0.15, 0.2) is 0 Å². The summed E-state index contributed by atoms with van der Waals surface area (Å²) in [6, 6.07) is 0. The van der Waals surface area contributed by atoms with Crippen LogP contribution in [0.3, 0.4) is 0 Å². The topological polar surface area (TPSA) is 0 Å². The molecule has 0 N–H and O–H groups in total. The van der Waals surface area contributed by atoms with Crippen LogP contribution in [0.5, 0.6) is 0 Å². The number of rotatable bonds is 1. The van der Waals surface area contributed by atoms with Crippen LogP contribution in [0.1, 0.15) is 38.5 Å². The second kappa shape index (κ2) is 2.56. The van der Waals surface area contributed by atoms with Crippen molar-refractivity contribution in [1.29, 1.82) is 0 Å². The van der Waals surface area contributed by atoms with Gasteiger partial charge in [0.2, 0.25) is 0 Å². The molecule has 57 valence electrons. The predicted octanol–water partition coefficient (Wildman–Crippen LogP) is 3.04. The maximum absolute atomic E-state index is 4.03. The van der Waals surface area contributed by atoms with E-state index in [0.29, 0.717) is 0 Å². The third-order valence-electron chi connectivity index (χ3n) is 3.60. The Hall–Kier alpha value is 0. The molecule has 0 heteroatoms. The van der Waals surface area contributed by atoms with E-state index in [1.165, 1.54) is 38.5 Å². The largest absolute Gasteiger partial charge is 0.0530 e. The monoisotopic (exact) mass is 137 g/mol. The van der Waals surface area contributed by atoms with Crippen LogP contribution in [0.4, 0.5) is 0 Å². The maximum atomic E-state index is 4.03. The molecule has 2 saturated carbocycles. The molecule has 2 aliphatic carbocycles. The van der Waals surface area contributed by atoms with Gasteiger partial charge in [0.15, 0.2) is 0 Å². The molecule has 0 aromatic rings. The van der Waals surface area contributed by atoms with E-state index >= 15 is 0 Å². The number of hydrogen-bond acceptors (Lipinski definition) is 0. The Labute approximate surface area is 64.0 Å². The normalized spacial score (nSPS) is 45.9. The van der Waals surface area contributed by atoms with Crippen molar-refractivity contribution in [3.8, 4) is 0 Å². The molecule has 0 heterocycles. The second-order valence-corrected chi connectivity index (χ2v) is 3.98. The number of hydrogen-bond donors (Lipinski definition) is 0. The molecule has 0 aromatic heterocycles. The van der Waals surface area contributed by atoms with Crippen LogP contribution >= 0.6 is 0 Å². The summed E-state index contributed by atoms with van der Waals surface area (Å²) in [5.41, 5.74) is 0. The van der Waals surface area contributed by atoms with Gasteiger partial charge in [-0.05, 0) is 37.0 Å². The van der Waals surface area contributed by atoms with E-state index in [1.807, 2.05) is 0 Å². The molecule has 0 aliphatic heterocycles. The predicted molar refractivity (Wildman–Crippen MR) is 43.5 cm³/mol. The fraction of sp³-hybridized carbons (Fsp3) is 0.900. The van der Waals surface area contributed by atoms with E-state index in [4.69, 9.17) is 0 Å². The highest BCUT2D eigenvalue weighted by Gasteiger charge is 2.37.